The molecule has 0 spiro atoms. The monoisotopic (exact) mass is 449 g/mol. The summed E-state index contributed by atoms with van der Waals surface area (Å²) in [5.74, 6) is 1.42. The number of carbonyl (C=O) groups excluding carboxylic acids is 1. The van der Waals surface area contributed by atoms with E-state index in [9.17, 15) is 4.79 Å². The van der Waals surface area contributed by atoms with Crippen LogP contribution in [-0.4, -0.2) is 38.2 Å². The summed E-state index contributed by atoms with van der Waals surface area (Å²) in [5, 5.41) is 15.5. The number of benzene rings is 2. The van der Waals surface area contributed by atoms with Crippen molar-refractivity contribution in [3.05, 3.63) is 65.9 Å². The van der Waals surface area contributed by atoms with Gasteiger partial charge in [-0.05, 0) is 45.0 Å². The Balaban J connectivity index is 1.69. The Bertz CT molecular complexity index is 1230. The highest BCUT2D eigenvalue weighted by atomic mass is 32.2. The average molecular weight is 450 g/mol. The standard InChI is InChI=1S/C23H23N5O3S/c1-14-9-11-17(12-10-14)28-21(18-7-5-6-8-19(18)30-4)25-26-23(28)32-16(3)22(29)24-20-13-15(2)27-31-20/h5-13,16H,1-4H3,(H,24,29). The number of methoxy groups -OCH3 is 1. The predicted octanol–water partition coefficient (Wildman–Crippen LogP) is 4.67. The fraction of sp³-hybridized carbons (Fsp3) is 0.217. The Morgan fingerprint density at radius 1 is 1.12 bits per heavy atom. The third-order valence-corrected chi connectivity index (χ3v) is 5.84. The van der Waals surface area contributed by atoms with Gasteiger partial charge >= 0.3 is 0 Å². The molecule has 2 aromatic carbocycles. The van der Waals surface area contributed by atoms with Gasteiger partial charge in [-0.1, -0.05) is 46.7 Å². The second-order valence-corrected chi connectivity index (χ2v) is 8.57. The molecule has 4 rings (SSSR count). The minimum absolute atomic E-state index is 0.219. The zero-order chi connectivity index (χ0) is 22.7. The molecule has 4 aromatic rings. The van der Waals surface area contributed by atoms with Gasteiger partial charge in [0.05, 0.1) is 23.6 Å². The maximum Gasteiger partial charge on any atom is 0.240 e. The molecule has 0 aliphatic heterocycles. The van der Waals surface area contributed by atoms with Crippen LogP contribution in [0.5, 0.6) is 5.75 Å². The van der Waals surface area contributed by atoms with E-state index in [0.29, 0.717) is 28.3 Å². The van der Waals surface area contributed by atoms with Crippen LogP contribution in [0.3, 0.4) is 0 Å². The molecule has 2 aromatic heterocycles. The summed E-state index contributed by atoms with van der Waals surface area (Å²) in [5.41, 5.74) is 3.54. The quantitative estimate of drug-likeness (QED) is 0.410. The number of nitrogens with one attached hydrogen (secondary N) is 1. The van der Waals surface area contributed by atoms with Crippen LogP contribution in [0.4, 0.5) is 5.88 Å². The summed E-state index contributed by atoms with van der Waals surface area (Å²) in [4.78, 5) is 12.7. The number of para-hydroxylation sites is 1. The van der Waals surface area contributed by atoms with E-state index in [1.165, 1.54) is 11.8 Å². The first-order chi connectivity index (χ1) is 15.5. The number of hydrogen-bond donors (Lipinski definition) is 1. The van der Waals surface area contributed by atoms with Gasteiger partial charge in [0.25, 0.3) is 0 Å². The van der Waals surface area contributed by atoms with Crippen molar-refractivity contribution in [3.8, 4) is 22.8 Å². The maximum atomic E-state index is 12.7. The second-order valence-electron chi connectivity index (χ2n) is 7.26. The number of aromatic nitrogens is 4. The van der Waals surface area contributed by atoms with Crippen molar-refractivity contribution in [2.45, 2.75) is 31.2 Å². The number of aryl methyl sites for hydroxylation is 2. The van der Waals surface area contributed by atoms with Crippen molar-refractivity contribution in [1.29, 1.82) is 0 Å². The van der Waals surface area contributed by atoms with Gasteiger partial charge in [0.2, 0.25) is 11.8 Å². The summed E-state index contributed by atoms with van der Waals surface area (Å²) >= 11 is 1.31. The summed E-state index contributed by atoms with van der Waals surface area (Å²) in [6, 6.07) is 17.4. The van der Waals surface area contributed by atoms with E-state index in [-0.39, 0.29) is 5.91 Å². The number of anilines is 1. The van der Waals surface area contributed by atoms with Crippen LogP contribution in [0.25, 0.3) is 17.1 Å². The fourth-order valence-corrected chi connectivity index (χ4v) is 4.00. The van der Waals surface area contributed by atoms with E-state index in [1.54, 1.807) is 27.0 Å². The first-order valence-electron chi connectivity index (χ1n) is 10.0. The molecule has 32 heavy (non-hydrogen) atoms. The van der Waals surface area contributed by atoms with Gasteiger partial charge in [-0.15, -0.1) is 10.2 Å². The van der Waals surface area contributed by atoms with Crippen molar-refractivity contribution < 1.29 is 14.1 Å². The maximum absolute atomic E-state index is 12.7. The lowest BCUT2D eigenvalue weighted by Gasteiger charge is -2.14. The Morgan fingerprint density at radius 3 is 2.56 bits per heavy atom. The molecule has 0 aliphatic rings. The van der Waals surface area contributed by atoms with E-state index in [1.807, 2.05) is 60.0 Å². The number of nitrogens with zero attached hydrogens (tertiary/aromatic N) is 4. The van der Waals surface area contributed by atoms with Gasteiger partial charge in [-0.25, -0.2) is 0 Å². The van der Waals surface area contributed by atoms with Crippen LogP contribution < -0.4 is 10.1 Å². The minimum Gasteiger partial charge on any atom is -0.496 e. The highest BCUT2D eigenvalue weighted by molar-refractivity contribution is 8.00. The summed E-state index contributed by atoms with van der Waals surface area (Å²) in [6.45, 7) is 5.63. The number of hydrogen-bond acceptors (Lipinski definition) is 7. The lowest BCUT2D eigenvalue weighted by atomic mass is 10.1. The third kappa shape index (κ3) is 4.52. The van der Waals surface area contributed by atoms with E-state index in [4.69, 9.17) is 9.26 Å². The smallest absolute Gasteiger partial charge is 0.240 e. The van der Waals surface area contributed by atoms with Crippen molar-refractivity contribution in [2.24, 2.45) is 0 Å². The Morgan fingerprint density at radius 2 is 1.88 bits per heavy atom. The zero-order valence-electron chi connectivity index (χ0n) is 18.2. The van der Waals surface area contributed by atoms with Gasteiger partial charge < -0.3 is 9.26 Å². The molecular formula is C23H23N5O3S. The highest BCUT2D eigenvalue weighted by Crippen LogP contribution is 2.34. The summed E-state index contributed by atoms with van der Waals surface area (Å²) in [7, 11) is 1.62. The molecule has 0 saturated heterocycles. The van der Waals surface area contributed by atoms with Crippen LogP contribution in [-0.2, 0) is 4.79 Å². The number of rotatable bonds is 7. The first kappa shape index (κ1) is 21.6. The molecule has 9 heteroatoms. The molecule has 1 unspecified atom stereocenters. The number of carbonyl (C=O) groups is 1. The SMILES string of the molecule is COc1ccccc1-c1nnc(SC(C)C(=O)Nc2cc(C)no2)n1-c1ccc(C)cc1. The Hall–Kier alpha value is -3.59. The summed E-state index contributed by atoms with van der Waals surface area (Å²) in [6.07, 6.45) is 0. The van der Waals surface area contributed by atoms with Crippen molar-refractivity contribution in [1.82, 2.24) is 19.9 Å². The molecule has 1 amide bonds. The van der Waals surface area contributed by atoms with Gasteiger partial charge in [-0.2, -0.15) is 0 Å². The van der Waals surface area contributed by atoms with Crippen molar-refractivity contribution >= 4 is 23.6 Å². The molecular weight excluding hydrogens is 426 g/mol. The summed E-state index contributed by atoms with van der Waals surface area (Å²) < 4.78 is 12.6. The van der Waals surface area contributed by atoms with Crippen LogP contribution >= 0.6 is 11.8 Å². The van der Waals surface area contributed by atoms with Crippen LogP contribution in [0, 0.1) is 13.8 Å². The van der Waals surface area contributed by atoms with Crippen molar-refractivity contribution in [2.75, 3.05) is 12.4 Å². The molecule has 0 bridgehead atoms. The first-order valence-corrected chi connectivity index (χ1v) is 10.9. The number of ether oxygens (including phenoxy) is 1. The van der Waals surface area contributed by atoms with Crippen LogP contribution in [0.2, 0.25) is 0 Å². The zero-order valence-corrected chi connectivity index (χ0v) is 19.0. The highest BCUT2D eigenvalue weighted by Gasteiger charge is 2.24. The largest absolute Gasteiger partial charge is 0.496 e. The number of thioether (sulfide) groups is 1. The van der Waals surface area contributed by atoms with E-state index in [2.05, 4.69) is 20.7 Å². The van der Waals surface area contributed by atoms with Gasteiger partial charge in [0.1, 0.15) is 5.75 Å². The lowest BCUT2D eigenvalue weighted by molar-refractivity contribution is -0.115. The van der Waals surface area contributed by atoms with Crippen molar-refractivity contribution in [3.63, 3.8) is 0 Å². The molecule has 1 atom stereocenters. The minimum atomic E-state index is -0.459. The third-order valence-electron chi connectivity index (χ3n) is 4.80. The topological polar surface area (TPSA) is 95.1 Å². The molecule has 164 valence electrons. The molecule has 0 radical (unpaired) electrons. The van der Waals surface area contributed by atoms with Gasteiger partial charge in [-0.3, -0.25) is 14.7 Å². The molecule has 0 fully saturated rings. The van der Waals surface area contributed by atoms with E-state index < -0.39 is 5.25 Å². The normalized spacial score (nSPS) is 11.9. The van der Waals surface area contributed by atoms with Crippen LogP contribution in [0.1, 0.15) is 18.2 Å². The van der Waals surface area contributed by atoms with E-state index in [0.717, 1.165) is 16.8 Å². The average Bonchev–Trinajstić information content (AvgIpc) is 3.40. The van der Waals surface area contributed by atoms with Gasteiger partial charge in [0, 0.05) is 11.8 Å². The molecule has 0 aliphatic carbocycles. The van der Waals surface area contributed by atoms with Crippen LogP contribution in [0.15, 0.2) is 64.3 Å². The van der Waals surface area contributed by atoms with Gasteiger partial charge in [0.15, 0.2) is 11.0 Å². The second kappa shape index (κ2) is 9.27. The predicted molar refractivity (Wildman–Crippen MR) is 123 cm³/mol. The molecule has 8 nitrogen and oxygen atoms in total. The lowest BCUT2D eigenvalue weighted by Crippen LogP contribution is -2.22. The fourth-order valence-electron chi connectivity index (χ4n) is 3.13. The Labute approximate surface area is 190 Å². The number of amides is 1. The van der Waals surface area contributed by atoms with E-state index >= 15 is 0 Å². The molecule has 0 saturated carbocycles. The molecule has 1 N–H and O–H groups in total. The molecule has 2 heterocycles. The Kier molecular flexibility index (Phi) is 6.27.